The fourth-order valence-corrected chi connectivity index (χ4v) is 3.15. The van der Waals surface area contributed by atoms with Crippen molar-refractivity contribution in [3.63, 3.8) is 0 Å². The van der Waals surface area contributed by atoms with Crippen LogP contribution in [0.3, 0.4) is 0 Å². The number of hydrogen-bond acceptors (Lipinski definition) is 4. The van der Waals surface area contributed by atoms with Gasteiger partial charge in [-0.1, -0.05) is 6.07 Å². The fourth-order valence-electron chi connectivity index (χ4n) is 2.59. The van der Waals surface area contributed by atoms with E-state index in [0.717, 1.165) is 37.5 Å². The summed E-state index contributed by atoms with van der Waals surface area (Å²) in [4.78, 5) is 12.7. The van der Waals surface area contributed by atoms with Gasteiger partial charge in [-0.3, -0.25) is 4.21 Å². The van der Waals surface area contributed by atoms with Crippen LogP contribution in [0.1, 0.15) is 24.5 Å². The summed E-state index contributed by atoms with van der Waals surface area (Å²) in [7, 11) is -1.08. The second-order valence-corrected chi connectivity index (χ2v) is 6.81. The van der Waals surface area contributed by atoms with Crippen LogP contribution in [0.15, 0.2) is 29.2 Å². The van der Waals surface area contributed by atoms with E-state index in [1.165, 1.54) is 0 Å². The van der Waals surface area contributed by atoms with E-state index in [2.05, 4.69) is 25.4 Å². The molecule has 0 aliphatic carbocycles. The molecule has 2 amide bonds. The SMILES string of the molecule is C[S@@](=O)c1cccc(NC(=O)NCc2nnc3n2CCCC3)c1. The van der Waals surface area contributed by atoms with E-state index in [0.29, 0.717) is 17.1 Å². The van der Waals surface area contributed by atoms with Gasteiger partial charge in [0, 0.05) is 40.6 Å². The molecular weight excluding hydrogens is 314 g/mol. The molecule has 2 heterocycles. The summed E-state index contributed by atoms with van der Waals surface area (Å²) >= 11 is 0. The van der Waals surface area contributed by atoms with Crippen molar-refractivity contribution in [1.29, 1.82) is 0 Å². The van der Waals surface area contributed by atoms with Gasteiger partial charge in [0.15, 0.2) is 5.82 Å². The first kappa shape index (κ1) is 15.7. The highest BCUT2D eigenvalue weighted by Crippen LogP contribution is 2.15. The van der Waals surface area contributed by atoms with Crippen LogP contribution in [-0.2, 0) is 30.3 Å². The van der Waals surface area contributed by atoms with Crippen LogP contribution < -0.4 is 10.6 Å². The Labute approximate surface area is 136 Å². The summed E-state index contributed by atoms with van der Waals surface area (Å²) in [6, 6.07) is 6.67. The van der Waals surface area contributed by atoms with Crippen molar-refractivity contribution in [3.8, 4) is 0 Å². The first-order valence-corrected chi connectivity index (χ1v) is 9.08. The number of anilines is 1. The van der Waals surface area contributed by atoms with E-state index in [9.17, 15) is 9.00 Å². The average molecular weight is 333 g/mol. The predicted octanol–water partition coefficient (Wildman–Crippen LogP) is 1.67. The molecule has 1 aromatic carbocycles. The third kappa shape index (κ3) is 3.76. The van der Waals surface area contributed by atoms with Gasteiger partial charge in [-0.05, 0) is 31.0 Å². The number of rotatable bonds is 4. The molecule has 2 aromatic rings. The van der Waals surface area contributed by atoms with Crippen molar-refractivity contribution >= 4 is 22.5 Å². The maximum atomic E-state index is 12.0. The Morgan fingerprint density at radius 1 is 1.35 bits per heavy atom. The van der Waals surface area contributed by atoms with Gasteiger partial charge in [0.2, 0.25) is 0 Å². The monoisotopic (exact) mass is 333 g/mol. The highest BCUT2D eigenvalue weighted by atomic mass is 32.2. The topological polar surface area (TPSA) is 88.9 Å². The van der Waals surface area contributed by atoms with Crippen molar-refractivity contribution in [3.05, 3.63) is 35.9 Å². The minimum atomic E-state index is -1.08. The first-order valence-electron chi connectivity index (χ1n) is 7.53. The molecule has 7 nitrogen and oxygen atoms in total. The number of carbonyl (C=O) groups is 1. The standard InChI is InChI=1S/C15H19N5O2S/c1-23(22)12-6-4-5-11(9-12)17-15(21)16-10-14-19-18-13-7-2-3-8-20(13)14/h4-6,9H,2-3,7-8,10H2,1H3,(H2,16,17,21)/t23-/m1/s1. The average Bonchev–Trinajstić information content (AvgIpc) is 2.96. The van der Waals surface area contributed by atoms with Crippen molar-refractivity contribution in [2.45, 2.75) is 37.2 Å². The lowest BCUT2D eigenvalue weighted by atomic mass is 10.2. The molecule has 0 saturated carbocycles. The molecule has 0 unspecified atom stereocenters. The highest BCUT2D eigenvalue weighted by Gasteiger charge is 2.16. The Bertz CT molecular complexity index is 743. The van der Waals surface area contributed by atoms with Crippen LogP contribution in [0.4, 0.5) is 10.5 Å². The Morgan fingerprint density at radius 2 is 2.22 bits per heavy atom. The maximum Gasteiger partial charge on any atom is 0.319 e. The van der Waals surface area contributed by atoms with Gasteiger partial charge in [0.25, 0.3) is 0 Å². The van der Waals surface area contributed by atoms with Gasteiger partial charge in [0.05, 0.1) is 6.54 Å². The van der Waals surface area contributed by atoms with Gasteiger partial charge in [0.1, 0.15) is 5.82 Å². The summed E-state index contributed by atoms with van der Waals surface area (Å²) in [6.45, 7) is 1.24. The maximum absolute atomic E-state index is 12.0. The molecular formula is C15H19N5O2S. The molecule has 122 valence electrons. The van der Waals surface area contributed by atoms with E-state index >= 15 is 0 Å². The zero-order valence-corrected chi connectivity index (χ0v) is 13.7. The zero-order chi connectivity index (χ0) is 16.2. The number of urea groups is 1. The molecule has 0 fully saturated rings. The van der Waals surface area contributed by atoms with E-state index in [1.807, 2.05) is 0 Å². The Balaban J connectivity index is 1.59. The summed E-state index contributed by atoms with van der Waals surface area (Å²) in [6.07, 6.45) is 4.81. The molecule has 1 aromatic heterocycles. The van der Waals surface area contributed by atoms with Crippen LogP contribution in [0.5, 0.6) is 0 Å². The van der Waals surface area contributed by atoms with Gasteiger partial charge in [-0.15, -0.1) is 10.2 Å². The molecule has 0 radical (unpaired) electrons. The lowest BCUT2D eigenvalue weighted by molar-refractivity contribution is 0.251. The fraction of sp³-hybridized carbons (Fsp3) is 0.400. The number of aromatic nitrogens is 3. The molecule has 3 rings (SSSR count). The summed E-state index contributed by atoms with van der Waals surface area (Å²) in [5.74, 6) is 1.77. The van der Waals surface area contributed by atoms with Crippen LogP contribution in [-0.4, -0.2) is 31.3 Å². The largest absolute Gasteiger partial charge is 0.331 e. The lowest BCUT2D eigenvalue weighted by Crippen LogP contribution is -2.30. The number of hydrogen-bond donors (Lipinski definition) is 2. The smallest absolute Gasteiger partial charge is 0.319 e. The number of amides is 2. The lowest BCUT2D eigenvalue weighted by Gasteiger charge is -2.15. The summed E-state index contributed by atoms with van der Waals surface area (Å²) < 4.78 is 13.5. The number of nitrogens with zero attached hydrogens (tertiary/aromatic N) is 3. The van der Waals surface area contributed by atoms with Crippen molar-refractivity contribution < 1.29 is 9.00 Å². The Kier molecular flexibility index (Phi) is 4.71. The van der Waals surface area contributed by atoms with Crippen molar-refractivity contribution in [2.75, 3.05) is 11.6 Å². The molecule has 0 saturated heterocycles. The van der Waals surface area contributed by atoms with Gasteiger partial charge in [-0.2, -0.15) is 0 Å². The number of aryl methyl sites for hydroxylation is 1. The molecule has 1 atom stereocenters. The molecule has 23 heavy (non-hydrogen) atoms. The molecule has 0 spiro atoms. The number of benzene rings is 1. The van der Waals surface area contributed by atoms with Crippen LogP contribution in [0.2, 0.25) is 0 Å². The Morgan fingerprint density at radius 3 is 3.04 bits per heavy atom. The minimum absolute atomic E-state index is 0.322. The van der Waals surface area contributed by atoms with E-state index in [1.54, 1.807) is 30.5 Å². The zero-order valence-electron chi connectivity index (χ0n) is 12.9. The highest BCUT2D eigenvalue weighted by molar-refractivity contribution is 7.84. The van der Waals surface area contributed by atoms with Gasteiger partial charge < -0.3 is 15.2 Å². The number of carbonyl (C=O) groups excluding carboxylic acids is 1. The predicted molar refractivity (Wildman–Crippen MR) is 87.6 cm³/mol. The van der Waals surface area contributed by atoms with Crippen LogP contribution >= 0.6 is 0 Å². The molecule has 1 aliphatic heterocycles. The van der Waals surface area contributed by atoms with Crippen molar-refractivity contribution in [2.24, 2.45) is 0 Å². The normalized spacial score (nSPS) is 14.8. The van der Waals surface area contributed by atoms with Gasteiger partial charge >= 0.3 is 6.03 Å². The molecule has 0 bridgehead atoms. The van der Waals surface area contributed by atoms with E-state index in [4.69, 9.17) is 0 Å². The second-order valence-electron chi connectivity index (χ2n) is 5.43. The molecule has 2 N–H and O–H groups in total. The Hall–Kier alpha value is -2.22. The van der Waals surface area contributed by atoms with Crippen molar-refractivity contribution in [1.82, 2.24) is 20.1 Å². The second kappa shape index (κ2) is 6.91. The quantitative estimate of drug-likeness (QED) is 0.891. The van der Waals surface area contributed by atoms with E-state index in [-0.39, 0.29) is 6.03 Å². The van der Waals surface area contributed by atoms with Crippen LogP contribution in [0.25, 0.3) is 0 Å². The minimum Gasteiger partial charge on any atom is -0.331 e. The molecule has 8 heteroatoms. The summed E-state index contributed by atoms with van der Waals surface area (Å²) in [5.41, 5.74) is 0.610. The first-order chi connectivity index (χ1) is 11.1. The van der Waals surface area contributed by atoms with Gasteiger partial charge in [-0.25, -0.2) is 4.79 Å². The number of nitrogens with one attached hydrogen (secondary N) is 2. The van der Waals surface area contributed by atoms with Crippen LogP contribution in [0, 0.1) is 0 Å². The van der Waals surface area contributed by atoms with E-state index < -0.39 is 10.8 Å². The molecule has 1 aliphatic rings. The third-order valence-electron chi connectivity index (χ3n) is 3.77. The number of fused-ring (bicyclic) bond motifs is 1. The summed E-state index contributed by atoms with van der Waals surface area (Å²) in [5, 5.41) is 13.8. The third-order valence-corrected chi connectivity index (χ3v) is 4.68.